The van der Waals surface area contributed by atoms with Gasteiger partial charge < -0.3 is 10.1 Å². The molecule has 1 saturated heterocycles. The number of hydrogen-bond acceptors (Lipinski definition) is 2. The van der Waals surface area contributed by atoms with Gasteiger partial charge in [0.05, 0.1) is 0 Å². The van der Waals surface area contributed by atoms with Gasteiger partial charge in [-0.05, 0) is 44.1 Å². The number of hydrogen-bond donors (Lipinski definition) is 1. The Bertz CT molecular complexity index is 168. The van der Waals surface area contributed by atoms with E-state index in [1.165, 1.54) is 25.7 Å². The van der Waals surface area contributed by atoms with Crippen LogP contribution in [-0.2, 0) is 4.74 Å². The van der Waals surface area contributed by atoms with Gasteiger partial charge in [-0.2, -0.15) is 0 Å². The molecule has 0 bridgehead atoms. The van der Waals surface area contributed by atoms with Gasteiger partial charge >= 0.3 is 0 Å². The van der Waals surface area contributed by atoms with E-state index >= 15 is 0 Å². The van der Waals surface area contributed by atoms with Crippen LogP contribution in [-0.4, -0.2) is 26.3 Å². The highest BCUT2D eigenvalue weighted by molar-refractivity contribution is 4.75. The SMILES string of the molecule is CNC(CCC(C)(C)C)CC1CCOC1. The lowest BCUT2D eigenvalue weighted by molar-refractivity contribution is 0.180. The fourth-order valence-corrected chi connectivity index (χ4v) is 2.16. The monoisotopic (exact) mass is 213 g/mol. The molecule has 2 unspecified atom stereocenters. The molecule has 0 amide bonds. The molecular formula is C13H27NO. The van der Waals surface area contributed by atoms with Gasteiger partial charge in [-0.15, -0.1) is 0 Å². The largest absolute Gasteiger partial charge is 0.381 e. The topological polar surface area (TPSA) is 21.3 Å². The highest BCUT2D eigenvalue weighted by Gasteiger charge is 2.21. The Morgan fingerprint density at radius 3 is 2.60 bits per heavy atom. The van der Waals surface area contributed by atoms with Gasteiger partial charge in [0.25, 0.3) is 0 Å². The first-order valence-corrected chi connectivity index (χ1v) is 6.26. The van der Waals surface area contributed by atoms with Gasteiger partial charge in [0, 0.05) is 19.3 Å². The molecule has 15 heavy (non-hydrogen) atoms. The van der Waals surface area contributed by atoms with Crippen LogP contribution in [0.3, 0.4) is 0 Å². The number of ether oxygens (including phenoxy) is 1. The Labute approximate surface area is 94.8 Å². The zero-order valence-electron chi connectivity index (χ0n) is 10.8. The van der Waals surface area contributed by atoms with Crippen LogP contribution in [0.1, 0.15) is 46.5 Å². The summed E-state index contributed by atoms with van der Waals surface area (Å²) < 4.78 is 5.42. The van der Waals surface area contributed by atoms with Crippen molar-refractivity contribution in [2.75, 3.05) is 20.3 Å². The Morgan fingerprint density at radius 2 is 2.13 bits per heavy atom. The zero-order chi connectivity index (χ0) is 11.3. The minimum Gasteiger partial charge on any atom is -0.381 e. The fourth-order valence-electron chi connectivity index (χ4n) is 2.16. The molecule has 0 saturated carbocycles. The van der Waals surface area contributed by atoms with Crippen molar-refractivity contribution in [1.29, 1.82) is 0 Å². The van der Waals surface area contributed by atoms with Gasteiger partial charge in [0.1, 0.15) is 0 Å². The molecule has 0 aromatic rings. The van der Waals surface area contributed by atoms with Crippen LogP contribution < -0.4 is 5.32 Å². The van der Waals surface area contributed by atoms with Crippen molar-refractivity contribution < 1.29 is 4.74 Å². The maximum absolute atomic E-state index is 5.42. The Kier molecular flexibility index (Phi) is 5.07. The van der Waals surface area contributed by atoms with Crippen molar-refractivity contribution in [2.45, 2.75) is 52.5 Å². The summed E-state index contributed by atoms with van der Waals surface area (Å²) in [6.07, 6.45) is 5.13. The Balaban J connectivity index is 2.22. The Morgan fingerprint density at radius 1 is 1.40 bits per heavy atom. The maximum Gasteiger partial charge on any atom is 0.0495 e. The van der Waals surface area contributed by atoms with E-state index in [0.717, 1.165) is 19.1 Å². The molecule has 1 rings (SSSR count). The third-order valence-electron chi connectivity index (χ3n) is 3.29. The van der Waals surface area contributed by atoms with Gasteiger partial charge in [-0.25, -0.2) is 0 Å². The molecule has 1 fully saturated rings. The van der Waals surface area contributed by atoms with Gasteiger partial charge in [0.15, 0.2) is 0 Å². The van der Waals surface area contributed by atoms with Gasteiger partial charge in [0.2, 0.25) is 0 Å². The molecule has 0 aliphatic carbocycles. The van der Waals surface area contributed by atoms with Crippen LogP contribution in [0.25, 0.3) is 0 Å². The minimum atomic E-state index is 0.460. The summed E-state index contributed by atoms with van der Waals surface area (Å²) in [7, 11) is 2.09. The second-order valence-corrected chi connectivity index (χ2v) is 6.05. The third-order valence-corrected chi connectivity index (χ3v) is 3.29. The van der Waals surface area contributed by atoms with Crippen molar-refractivity contribution in [3.8, 4) is 0 Å². The van der Waals surface area contributed by atoms with E-state index in [1.54, 1.807) is 0 Å². The first kappa shape index (κ1) is 13.0. The normalized spacial score (nSPS) is 24.4. The van der Waals surface area contributed by atoms with E-state index in [1.807, 2.05) is 0 Å². The van der Waals surface area contributed by atoms with E-state index < -0.39 is 0 Å². The van der Waals surface area contributed by atoms with E-state index in [0.29, 0.717) is 11.5 Å². The second kappa shape index (κ2) is 5.86. The number of rotatable bonds is 5. The highest BCUT2D eigenvalue weighted by Crippen LogP contribution is 2.25. The summed E-state index contributed by atoms with van der Waals surface area (Å²) in [4.78, 5) is 0. The van der Waals surface area contributed by atoms with Crippen LogP contribution in [0.4, 0.5) is 0 Å². The average Bonchev–Trinajstić information content (AvgIpc) is 2.63. The molecule has 1 aliphatic rings. The van der Waals surface area contributed by atoms with Crippen molar-refractivity contribution in [2.24, 2.45) is 11.3 Å². The summed E-state index contributed by atoms with van der Waals surface area (Å²) in [6.45, 7) is 8.91. The molecule has 2 heteroatoms. The summed E-state index contributed by atoms with van der Waals surface area (Å²) in [6, 6.07) is 0.677. The first-order valence-electron chi connectivity index (χ1n) is 6.26. The first-order chi connectivity index (χ1) is 7.01. The fraction of sp³-hybridized carbons (Fsp3) is 1.00. The number of nitrogens with one attached hydrogen (secondary N) is 1. The van der Waals surface area contributed by atoms with Crippen LogP contribution in [0, 0.1) is 11.3 Å². The summed E-state index contributed by atoms with van der Waals surface area (Å²) in [5.74, 6) is 0.794. The van der Waals surface area contributed by atoms with E-state index in [4.69, 9.17) is 4.74 Å². The molecule has 1 N–H and O–H groups in total. The highest BCUT2D eigenvalue weighted by atomic mass is 16.5. The smallest absolute Gasteiger partial charge is 0.0495 e. The summed E-state index contributed by atoms with van der Waals surface area (Å²) in [5.41, 5.74) is 0.460. The molecule has 0 spiro atoms. The second-order valence-electron chi connectivity index (χ2n) is 6.05. The zero-order valence-corrected chi connectivity index (χ0v) is 10.8. The molecular weight excluding hydrogens is 186 g/mol. The molecule has 2 atom stereocenters. The molecule has 1 heterocycles. The predicted molar refractivity (Wildman–Crippen MR) is 65.1 cm³/mol. The summed E-state index contributed by atoms with van der Waals surface area (Å²) >= 11 is 0. The molecule has 2 nitrogen and oxygen atoms in total. The third kappa shape index (κ3) is 5.53. The average molecular weight is 213 g/mol. The minimum absolute atomic E-state index is 0.460. The lowest BCUT2D eigenvalue weighted by atomic mass is 9.86. The van der Waals surface area contributed by atoms with Crippen molar-refractivity contribution in [1.82, 2.24) is 5.32 Å². The molecule has 90 valence electrons. The maximum atomic E-state index is 5.42. The molecule has 1 aliphatic heterocycles. The summed E-state index contributed by atoms with van der Waals surface area (Å²) in [5, 5.41) is 3.45. The van der Waals surface area contributed by atoms with E-state index in [9.17, 15) is 0 Å². The van der Waals surface area contributed by atoms with Crippen molar-refractivity contribution in [3.63, 3.8) is 0 Å². The van der Waals surface area contributed by atoms with Crippen LogP contribution in [0.5, 0.6) is 0 Å². The van der Waals surface area contributed by atoms with Crippen LogP contribution >= 0.6 is 0 Å². The lowest BCUT2D eigenvalue weighted by Gasteiger charge is -2.24. The Hall–Kier alpha value is -0.0800. The van der Waals surface area contributed by atoms with E-state index in [-0.39, 0.29) is 0 Å². The molecule has 0 aromatic heterocycles. The standard InChI is InChI=1S/C13H27NO/c1-13(2,3)7-5-12(14-4)9-11-6-8-15-10-11/h11-12,14H,5-10H2,1-4H3. The quantitative estimate of drug-likeness (QED) is 0.758. The predicted octanol–water partition coefficient (Wildman–Crippen LogP) is 2.83. The van der Waals surface area contributed by atoms with Gasteiger partial charge in [-0.3, -0.25) is 0 Å². The van der Waals surface area contributed by atoms with E-state index in [2.05, 4.69) is 33.1 Å². The van der Waals surface area contributed by atoms with Crippen molar-refractivity contribution in [3.05, 3.63) is 0 Å². The lowest BCUT2D eigenvalue weighted by Crippen LogP contribution is -2.29. The molecule has 0 aromatic carbocycles. The molecule has 0 radical (unpaired) electrons. The van der Waals surface area contributed by atoms with Crippen molar-refractivity contribution >= 4 is 0 Å². The van der Waals surface area contributed by atoms with Gasteiger partial charge in [-0.1, -0.05) is 20.8 Å². The van der Waals surface area contributed by atoms with Crippen LogP contribution in [0.15, 0.2) is 0 Å². The van der Waals surface area contributed by atoms with Crippen LogP contribution in [0.2, 0.25) is 0 Å².